The van der Waals surface area contributed by atoms with Crippen LogP contribution in [-0.2, 0) is 16.2 Å². The van der Waals surface area contributed by atoms with E-state index < -0.39 is 0 Å². The summed E-state index contributed by atoms with van der Waals surface area (Å²) in [5, 5.41) is 10.1. The molecular formula is C44H48N4. The summed E-state index contributed by atoms with van der Waals surface area (Å²) in [6, 6.07) is 42.2. The predicted octanol–water partition coefficient (Wildman–Crippen LogP) is 11.3. The summed E-state index contributed by atoms with van der Waals surface area (Å²) in [7, 11) is 0. The summed E-state index contributed by atoms with van der Waals surface area (Å²) in [5.74, 6) is 0.959. The van der Waals surface area contributed by atoms with Gasteiger partial charge in [-0.25, -0.2) is 5.01 Å². The van der Waals surface area contributed by atoms with Crippen LogP contribution in [-0.4, -0.2) is 17.1 Å². The molecule has 0 unspecified atom stereocenters. The molecule has 0 amide bonds. The molecule has 0 saturated carbocycles. The molecule has 1 aromatic heterocycles. The fraction of sp³-hybridized carbons (Fsp3) is 0.295. The van der Waals surface area contributed by atoms with Gasteiger partial charge in [0.25, 0.3) is 0 Å². The first-order valence-corrected chi connectivity index (χ1v) is 17.2. The Hall–Kier alpha value is -4.83. The lowest BCUT2D eigenvalue weighted by Gasteiger charge is -2.30. The van der Waals surface area contributed by atoms with Crippen molar-refractivity contribution < 1.29 is 0 Å². The molecule has 0 saturated heterocycles. The zero-order chi connectivity index (χ0) is 34.0. The second-order valence-electron chi connectivity index (χ2n) is 16.4. The van der Waals surface area contributed by atoms with Gasteiger partial charge in [-0.3, -0.25) is 0 Å². The van der Waals surface area contributed by atoms with Gasteiger partial charge in [-0.1, -0.05) is 135 Å². The minimum Gasteiger partial charge on any atom is -0.309 e. The fourth-order valence-electron chi connectivity index (χ4n) is 6.69. The molecule has 1 aliphatic heterocycles. The first-order chi connectivity index (χ1) is 22.7. The van der Waals surface area contributed by atoms with Crippen LogP contribution < -0.4 is 9.91 Å². The van der Waals surface area contributed by atoms with Crippen molar-refractivity contribution in [2.75, 3.05) is 16.6 Å². The molecule has 6 aromatic rings. The highest BCUT2D eigenvalue weighted by Gasteiger charge is 2.31. The van der Waals surface area contributed by atoms with Crippen LogP contribution in [0.25, 0.3) is 27.5 Å². The number of nitrogens with zero attached hydrogens (tertiary/aromatic N) is 4. The topological polar surface area (TPSA) is 23.8 Å². The van der Waals surface area contributed by atoms with Crippen LogP contribution in [0.15, 0.2) is 120 Å². The molecule has 244 valence electrons. The average molecular weight is 633 g/mol. The van der Waals surface area contributed by atoms with Crippen molar-refractivity contribution in [1.29, 1.82) is 0 Å². The predicted molar refractivity (Wildman–Crippen MR) is 206 cm³/mol. The van der Waals surface area contributed by atoms with Crippen LogP contribution in [0.5, 0.6) is 0 Å². The normalized spacial score (nSPS) is 14.3. The smallest absolute Gasteiger partial charge is 0.162 e. The van der Waals surface area contributed by atoms with E-state index in [0.717, 1.165) is 22.8 Å². The summed E-state index contributed by atoms with van der Waals surface area (Å²) in [6.07, 6.45) is 0. The van der Waals surface area contributed by atoms with E-state index in [2.05, 4.69) is 192 Å². The Labute approximate surface area is 286 Å². The standard InChI is InChI=1S/C44H48N4/c1-42(2,3)31-23-32(43(4,5)6)25-34(24-31)46-29-47(45-41(46)30-17-11-10-12-18-30)35-26-33(44(7,8)9)27-36(28-35)48-39-21-15-13-19-37(39)38-20-14-16-22-40(38)48/h10-28H,29H2,1-9H3. The van der Waals surface area contributed by atoms with Crippen LogP contribution in [0.4, 0.5) is 11.4 Å². The van der Waals surface area contributed by atoms with Crippen molar-refractivity contribution in [3.8, 4) is 5.69 Å². The summed E-state index contributed by atoms with van der Waals surface area (Å²) in [6.45, 7) is 21.3. The van der Waals surface area contributed by atoms with Gasteiger partial charge in [0.05, 0.1) is 16.7 Å². The Morgan fingerprint density at radius 1 is 0.479 bits per heavy atom. The summed E-state index contributed by atoms with van der Waals surface area (Å²) in [5.41, 5.74) is 10.8. The van der Waals surface area contributed by atoms with E-state index in [-0.39, 0.29) is 16.2 Å². The zero-order valence-corrected chi connectivity index (χ0v) is 30.0. The lowest BCUT2D eigenvalue weighted by atomic mass is 9.80. The van der Waals surface area contributed by atoms with E-state index in [4.69, 9.17) is 5.10 Å². The number of para-hydroxylation sites is 2. The highest BCUT2D eigenvalue weighted by atomic mass is 15.6. The monoisotopic (exact) mass is 632 g/mol. The van der Waals surface area contributed by atoms with Crippen molar-refractivity contribution in [1.82, 2.24) is 4.57 Å². The van der Waals surface area contributed by atoms with Gasteiger partial charge in [0.15, 0.2) is 5.84 Å². The van der Waals surface area contributed by atoms with Crippen molar-refractivity contribution in [3.05, 3.63) is 138 Å². The summed E-state index contributed by atoms with van der Waals surface area (Å²) >= 11 is 0. The SMILES string of the molecule is CC(C)(C)c1cc(N2CN(c3cc(C(C)(C)C)cc(C(C)(C)C)c3)C(c3ccccc3)=N2)cc(-n2c3ccccc3c3ccccc32)c1. The number of hydrogen-bond donors (Lipinski definition) is 0. The van der Waals surface area contributed by atoms with E-state index >= 15 is 0 Å². The molecule has 0 radical (unpaired) electrons. The van der Waals surface area contributed by atoms with E-state index in [1.807, 2.05) is 0 Å². The lowest BCUT2D eigenvalue weighted by Crippen LogP contribution is -2.32. The molecule has 0 spiro atoms. The summed E-state index contributed by atoms with van der Waals surface area (Å²) < 4.78 is 2.42. The molecule has 0 atom stereocenters. The first-order valence-electron chi connectivity index (χ1n) is 17.2. The van der Waals surface area contributed by atoms with E-state index in [1.54, 1.807) is 0 Å². The van der Waals surface area contributed by atoms with E-state index in [1.165, 1.54) is 44.2 Å². The zero-order valence-electron chi connectivity index (χ0n) is 30.0. The molecule has 48 heavy (non-hydrogen) atoms. The minimum atomic E-state index is -0.0580. The Morgan fingerprint density at radius 3 is 1.48 bits per heavy atom. The van der Waals surface area contributed by atoms with Crippen LogP contribution in [0.3, 0.4) is 0 Å². The first kappa shape index (κ1) is 31.8. The highest BCUT2D eigenvalue weighted by molar-refractivity contribution is 6.12. The molecule has 0 N–H and O–H groups in total. The Morgan fingerprint density at radius 2 is 0.938 bits per heavy atom. The third-order valence-electron chi connectivity index (χ3n) is 9.64. The number of hydrogen-bond acceptors (Lipinski definition) is 3. The second-order valence-corrected chi connectivity index (χ2v) is 16.4. The van der Waals surface area contributed by atoms with Gasteiger partial charge in [-0.05, 0) is 75.4 Å². The molecule has 7 rings (SSSR count). The molecule has 2 heterocycles. The van der Waals surface area contributed by atoms with Gasteiger partial charge in [0, 0.05) is 27.7 Å². The Balaban J connectivity index is 1.42. The van der Waals surface area contributed by atoms with Crippen molar-refractivity contribution >= 4 is 39.0 Å². The van der Waals surface area contributed by atoms with Crippen LogP contribution in [0.2, 0.25) is 0 Å². The van der Waals surface area contributed by atoms with Crippen LogP contribution >= 0.6 is 0 Å². The Kier molecular flexibility index (Phi) is 7.54. The largest absolute Gasteiger partial charge is 0.309 e. The van der Waals surface area contributed by atoms with Gasteiger partial charge >= 0.3 is 0 Å². The fourth-order valence-corrected chi connectivity index (χ4v) is 6.69. The van der Waals surface area contributed by atoms with Crippen LogP contribution in [0, 0.1) is 0 Å². The quantitative estimate of drug-likeness (QED) is 0.193. The maximum absolute atomic E-state index is 5.41. The van der Waals surface area contributed by atoms with Gasteiger partial charge < -0.3 is 9.47 Å². The number of fused-ring (bicyclic) bond motifs is 3. The number of benzene rings is 5. The average Bonchev–Trinajstić information content (AvgIpc) is 3.64. The minimum absolute atomic E-state index is 0.0116. The van der Waals surface area contributed by atoms with Crippen molar-refractivity contribution in [2.45, 2.75) is 78.6 Å². The Bertz CT molecular complexity index is 2080. The van der Waals surface area contributed by atoms with Gasteiger partial charge in [0.2, 0.25) is 0 Å². The third-order valence-corrected chi connectivity index (χ3v) is 9.64. The van der Waals surface area contributed by atoms with E-state index in [0.29, 0.717) is 6.67 Å². The van der Waals surface area contributed by atoms with Crippen molar-refractivity contribution in [2.24, 2.45) is 5.10 Å². The lowest BCUT2D eigenvalue weighted by molar-refractivity contribution is 0.568. The highest BCUT2D eigenvalue weighted by Crippen LogP contribution is 2.39. The molecule has 4 nitrogen and oxygen atoms in total. The maximum Gasteiger partial charge on any atom is 0.162 e. The molecular weight excluding hydrogens is 585 g/mol. The second kappa shape index (κ2) is 11.4. The molecule has 4 heteroatoms. The third kappa shape index (κ3) is 5.78. The van der Waals surface area contributed by atoms with Gasteiger partial charge in [-0.15, -0.1) is 0 Å². The number of aromatic nitrogens is 1. The molecule has 1 aliphatic rings. The van der Waals surface area contributed by atoms with Gasteiger partial charge in [-0.2, -0.15) is 5.10 Å². The van der Waals surface area contributed by atoms with Crippen molar-refractivity contribution in [3.63, 3.8) is 0 Å². The molecule has 0 aliphatic carbocycles. The number of rotatable bonds is 4. The number of amidine groups is 1. The maximum atomic E-state index is 5.41. The molecule has 0 fully saturated rings. The number of hydrazone groups is 1. The number of anilines is 2. The van der Waals surface area contributed by atoms with E-state index in [9.17, 15) is 0 Å². The molecule has 5 aromatic carbocycles. The summed E-state index contributed by atoms with van der Waals surface area (Å²) in [4.78, 5) is 2.39. The van der Waals surface area contributed by atoms with Gasteiger partial charge in [0.1, 0.15) is 6.67 Å². The molecule has 0 bridgehead atoms. The van der Waals surface area contributed by atoms with Crippen LogP contribution in [0.1, 0.15) is 84.6 Å².